The fraction of sp³-hybridized carbons (Fsp3) is 0.500. The molecule has 0 saturated carbocycles. The number of hydrogen-bond donors (Lipinski definition) is 1. The number of aromatic nitrogens is 1. The first-order chi connectivity index (χ1) is 8.92. The fourth-order valence-electron chi connectivity index (χ4n) is 1.77. The molecule has 7 nitrogen and oxygen atoms in total. The van der Waals surface area contributed by atoms with Crippen molar-refractivity contribution < 1.29 is 9.72 Å². The summed E-state index contributed by atoms with van der Waals surface area (Å²) < 4.78 is 0. The predicted octanol–water partition coefficient (Wildman–Crippen LogP) is 1.83. The van der Waals surface area contributed by atoms with Crippen LogP contribution in [0.5, 0.6) is 0 Å². The van der Waals surface area contributed by atoms with Crippen molar-refractivity contribution in [1.82, 2.24) is 9.88 Å². The van der Waals surface area contributed by atoms with E-state index in [1.165, 1.54) is 6.07 Å². The molecular formula is C12H18N4O3. The maximum absolute atomic E-state index is 12.4. The van der Waals surface area contributed by atoms with Gasteiger partial charge in [0.2, 0.25) is 0 Å². The first-order valence-corrected chi connectivity index (χ1v) is 6.13. The molecule has 0 aliphatic carbocycles. The van der Waals surface area contributed by atoms with Gasteiger partial charge in [-0.05, 0) is 20.3 Å². The highest BCUT2D eigenvalue weighted by Gasteiger charge is 2.23. The molecule has 1 aromatic rings. The van der Waals surface area contributed by atoms with Gasteiger partial charge in [-0.1, -0.05) is 6.92 Å². The van der Waals surface area contributed by atoms with Crippen molar-refractivity contribution in [2.75, 3.05) is 12.3 Å². The second-order valence-corrected chi connectivity index (χ2v) is 4.23. The molecular weight excluding hydrogens is 248 g/mol. The molecule has 104 valence electrons. The second-order valence-electron chi connectivity index (χ2n) is 4.23. The summed E-state index contributed by atoms with van der Waals surface area (Å²) in [5.41, 5.74) is 5.49. The van der Waals surface area contributed by atoms with Gasteiger partial charge < -0.3 is 10.6 Å². The van der Waals surface area contributed by atoms with Crippen LogP contribution in [-0.2, 0) is 0 Å². The third kappa shape index (κ3) is 3.18. The average molecular weight is 266 g/mol. The Balaban J connectivity index is 3.17. The summed E-state index contributed by atoms with van der Waals surface area (Å²) in [5, 5.41) is 10.7. The molecule has 1 heterocycles. The number of nitro groups is 1. The first-order valence-electron chi connectivity index (χ1n) is 6.13. The third-order valence-electron chi connectivity index (χ3n) is 3.07. The highest BCUT2D eigenvalue weighted by Crippen LogP contribution is 2.20. The van der Waals surface area contributed by atoms with Crippen LogP contribution in [0.15, 0.2) is 12.3 Å². The van der Waals surface area contributed by atoms with Gasteiger partial charge in [0.25, 0.3) is 11.6 Å². The smallest absolute Gasteiger partial charge is 0.288 e. The Labute approximate surface area is 111 Å². The molecule has 1 amide bonds. The van der Waals surface area contributed by atoms with E-state index in [1.54, 1.807) is 4.90 Å². The lowest BCUT2D eigenvalue weighted by Gasteiger charge is -2.27. The summed E-state index contributed by atoms with van der Waals surface area (Å²) in [4.78, 5) is 27.8. The van der Waals surface area contributed by atoms with Crippen LogP contribution in [0.3, 0.4) is 0 Å². The number of pyridine rings is 1. The van der Waals surface area contributed by atoms with E-state index in [4.69, 9.17) is 5.73 Å². The Morgan fingerprint density at radius 2 is 2.21 bits per heavy atom. The van der Waals surface area contributed by atoms with E-state index in [0.717, 1.165) is 12.6 Å². The maximum Gasteiger partial charge on any atom is 0.288 e. The summed E-state index contributed by atoms with van der Waals surface area (Å²) in [6.07, 6.45) is 1.84. The van der Waals surface area contributed by atoms with E-state index < -0.39 is 4.92 Å². The van der Waals surface area contributed by atoms with Gasteiger partial charge in [-0.25, -0.2) is 4.98 Å². The zero-order chi connectivity index (χ0) is 14.6. The number of nitrogens with zero attached hydrogens (tertiary/aromatic N) is 3. The molecule has 1 atom stereocenters. The molecule has 0 aliphatic rings. The highest BCUT2D eigenvalue weighted by molar-refractivity contribution is 5.99. The Morgan fingerprint density at radius 1 is 1.58 bits per heavy atom. The molecule has 0 fully saturated rings. The monoisotopic (exact) mass is 266 g/mol. The lowest BCUT2D eigenvalue weighted by atomic mass is 10.1. The van der Waals surface area contributed by atoms with Gasteiger partial charge in [-0.3, -0.25) is 14.9 Å². The van der Waals surface area contributed by atoms with Crippen molar-refractivity contribution in [3.63, 3.8) is 0 Å². The van der Waals surface area contributed by atoms with Crippen LogP contribution in [0.1, 0.15) is 37.6 Å². The number of rotatable bonds is 5. The SMILES string of the molecule is CCC(C)N(CC)C(=O)c1cc([N+](=O)[O-])cnc1N. The minimum absolute atomic E-state index is 0.0114. The molecule has 0 radical (unpaired) electrons. The van der Waals surface area contributed by atoms with Gasteiger partial charge in [-0.15, -0.1) is 0 Å². The molecule has 0 aliphatic heterocycles. The number of hydrogen-bond acceptors (Lipinski definition) is 5. The number of carbonyl (C=O) groups is 1. The first kappa shape index (κ1) is 14.9. The van der Waals surface area contributed by atoms with Gasteiger partial charge in [0.15, 0.2) is 0 Å². The van der Waals surface area contributed by atoms with Crippen molar-refractivity contribution in [3.8, 4) is 0 Å². The topological polar surface area (TPSA) is 102 Å². The third-order valence-corrected chi connectivity index (χ3v) is 3.07. The lowest BCUT2D eigenvalue weighted by molar-refractivity contribution is -0.385. The van der Waals surface area contributed by atoms with E-state index in [1.807, 2.05) is 20.8 Å². The molecule has 19 heavy (non-hydrogen) atoms. The van der Waals surface area contributed by atoms with Crippen LogP contribution >= 0.6 is 0 Å². The number of nitrogen functional groups attached to an aromatic ring is 1. The summed E-state index contributed by atoms with van der Waals surface area (Å²) in [5.74, 6) is -0.317. The molecule has 2 N–H and O–H groups in total. The molecule has 1 aromatic heterocycles. The minimum Gasteiger partial charge on any atom is -0.383 e. The quantitative estimate of drug-likeness (QED) is 0.647. The minimum atomic E-state index is -0.594. The summed E-state index contributed by atoms with van der Waals surface area (Å²) in [6.45, 7) is 6.25. The van der Waals surface area contributed by atoms with Crippen molar-refractivity contribution in [2.24, 2.45) is 0 Å². The maximum atomic E-state index is 12.4. The summed E-state index contributed by atoms with van der Waals surface area (Å²) in [7, 11) is 0. The molecule has 0 bridgehead atoms. The van der Waals surface area contributed by atoms with Gasteiger partial charge in [0, 0.05) is 18.7 Å². The molecule has 1 unspecified atom stereocenters. The van der Waals surface area contributed by atoms with E-state index in [-0.39, 0.29) is 29.0 Å². The largest absolute Gasteiger partial charge is 0.383 e. The number of amides is 1. The van der Waals surface area contributed by atoms with Crippen molar-refractivity contribution >= 4 is 17.4 Å². The zero-order valence-electron chi connectivity index (χ0n) is 11.3. The zero-order valence-corrected chi connectivity index (χ0v) is 11.3. The molecule has 0 aromatic carbocycles. The summed E-state index contributed by atoms with van der Waals surface area (Å²) >= 11 is 0. The van der Waals surface area contributed by atoms with Crippen molar-refractivity contribution in [3.05, 3.63) is 27.9 Å². The van der Waals surface area contributed by atoms with E-state index in [0.29, 0.717) is 6.54 Å². The Kier molecular flexibility index (Phi) is 4.80. The van der Waals surface area contributed by atoms with E-state index in [2.05, 4.69) is 4.98 Å². The Morgan fingerprint density at radius 3 is 2.68 bits per heavy atom. The average Bonchev–Trinajstić information content (AvgIpc) is 2.39. The Bertz CT molecular complexity index is 490. The van der Waals surface area contributed by atoms with Crippen LogP contribution in [0, 0.1) is 10.1 Å². The van der Waals surface area contributed by atoms with Crippen LogP contribution in [0.4, 0.5) is 11.5 Å². The van der Waals surface area contributed by atoms with Crippen molar-refractivity contribution in [1.29, 1.82) is 0 Å². The molecule has 0 saturated heterocycles. The van der Waals surface area contributed by atoms with Gasteiger partial charge in [0.05, 0.1) is 10.5 Å². The molecule has 1 rings (SSSR count). The van der Waals surface area contributed by atoms with Crippen LogP contribution in [-0.4, -0.2) is 33.3 Å². The number of anilines is 1. The van der Waals surface area contributed by atoms with Gasteiger partial charge in [0.1, 0.15) is 12.0 Å². The van der Waals surface area contributed by atoms with Crippen LogP contribution < -0.4 is 5.73 Å². The van der Waals surface area contributed by atoms with Gasteiger partial charge >= 0.3 is 0 Å². The van der Waals surface area contributed by atoms with Crippen LogP contribution in [0.25, 0.3) is 0 Å². The van der Waals surface area contributed by atoms with Crippen LogP contribution in [0.2, 0.25) is 0 Å². The van der Waals surface area contributed by atoms with E-state index >= 15 is 0 Å². The highest BCUT2D eigenvalue weighted by atomic mass is 16.6. The fourth-order valence-corrected chi connectivity index (χ4v) is 1.77. The standard InChI is InChI=1S/C12H18N4O3/c1-4-8(3)15(5-2)12(17)10-6-9(16(18)19)7-14-11(10)13/h6-8H,4-5H2,1-3H3,(H2,13,14). The van der Waals surface area contributed by atoms with Gasteiger partial charge in [-0.2, -0.15) is 0 Å². The number of nitrogens with two attached hydrogens (primary N) is 1. The lowest BCUT2D eigenvalue weighted by Crippen LogP contribution is -2.38. The van der Waals surface area contributed by atoms with E-state index in [9.17, 15) is 14.9 Å². The molecule has 0 spiro atoms. The van der Waals surface area contributed by atoms with Crippen molar-refractivity contribution in [2.45, 2.75) is 33.2 Å². The predicted molar refractivity (Wildman–Crippen MR) is 71.8 cm³/mol. The molecule has 7 heteroatoms. The normalized spacial score (nSPS) is 11.9. The number of carbonyl (C=O) groups excluding carboxylic acids is 1. The summed E-state index contributed by atoms with van der Waals surface area (Å²) in [6, 6.07) is 1.21. The Hall–Kier alpha value is -2.18. The second kappa shape index (κ2) is 6.12.